The fourth-order valence-corrected chi connectivity index (χ4v) is 2.32. The van der Waals surface area contributed by atoms with E-state index in [1.54, 1.807) is 0 Å². The Morgan fingerprint density at radius 1 is 1.27 bits per heavy atom. The molecule has 0 heterocycles. The summed E-state index contributed by atoms with van der Waals surface area (Å²) in [7, 11) is 0. The zero-order chi connectivity index (χ0) is 8.43. The second-order valence-electron chi connectivity index (χ2n) is 4.46. The van der Waals surface area contributed by atoms with Crippen molar-refractivity contribution >= 4 is 0 Å². The SMILES string of the molecule is CC(C)C1CC(N)CCC1C. The molecule has 0 bridgehead atoms. The van der Waals surface area contributed by atoms with Crippen molar-refractivity contribution in [1.82, 2.24) is 0 Å². The summed E-state index contributed by atoms with van der Waals surface area (Å²) in [4.78, 5) is 0. The van der Waals surface area contributed by atoms with Gasteiger partial charge in [0.05, 0.1) is 0 Å². The molecule has 0 amide bonds. The summed E-state index contributed by atoms with van der Waals surface area (Å²) < 4.78 is 0. The van der Waals surface area contributed by atoms with Gasteiger partial charge in [-0.2, -0.15) is 0 Å². The first-order valence-electron chi connectivity index (χ1n) is 4.87. The van der Waals surface area contributed by atoms with E-state index >= 15 is 0 Å². The minimum absolute atomic E-state index is 0.485. The van der Waals surface area contributed by atoms with Gasteiger partial charge in [-0.3, -0.25) is 0 Å². The third kappa shape index (κ3) is 2.19. The Bertz CT molecular complexity index is 120. The van der Waals surface area contributed by atoms with Gasteiger partial charge in [0.2, 0.25) is 0 Å². The van der Waals surface area contributed by atoms with Crippen molar-refractivity contribution in [2.75, 3.05) is 0 Å². The van der Waals surface area contributed by atoms with E-state index in [1.165, 1.54) is 19.3 Å². The summed E-state index contributed by atoms with van der Waals surface area (Å²) in [6.45, 7) is 7.01. The van der Waals surface area contributed by atoms with Crippen LogP contribution in [-0.2, 0) is 0 Å². The van der Waals surface area contributed by atoms with Crippen LogP contribution < -0.4 is 5.73 Å². The summed E-state index contributed by atoms with van der Waals surface area (Å²) >= 11 is 0. The summed E-state index contributed by atoms with van der Waals surface area (Å²) in [5.74, 6) is 2.59. The molecular weight excluding hydrogens is 134 g/mol. The van der Waals surface area contributed by atoms with Crippen LogP contribution in [0.25, 0.3) is 0 Å². The lowest BCUT2D eigenvalue weighted by atomic mass is 9.73. The average molecular weight is 155 g/mol. The van der Waals surface area contributed by atoms with Gasteiger partial charge in [0, 0.05) is 6.04 Å². The predicted molar refractivity (Wildman–Crippen MR) is 49.3 cm³/mol. The highest BCUT2D eigenvalue weighted by molar-refractivity contribution is 4.81. The van der Waals surface area contributed by atoms with Crippen molar-refractivity contribution in [2.24, 2.45) is 23.5 Å². The van der Waals surface area contributed by atoms with E-state index in [2.05, 4.69) is 20.8 Å². The minimum atomic E-state index is 0.485. The first kappa shape index (κ1) is 9.05. The molecule has 11 heavy (non-hydrogen) atoms. The molecule has 1 aliphatic carbocycles. The molecule has 1 nitrogen and oxygen atoms in total. The maximum absolute atomic E-state index is 5.93. The highest BCUT2D eigenvalue weighted by atomic mass is 14.6. The van der Waals surface area contributed by atoms with E-state index in [-0.39, 0.29) is 0 Å². The van der Waals surface area contributed by atoms with E-state index in [0.717, 1.165) is 17.8 Å². The van der Waals surface area contributed by atoms with Gasteiger partial charge in [-0.05, 0) is 37.0 Å². The molecule has 0 aromatic heterocycles. The lowest BCUT2D eigenvalue weighted by Crippen LogP contribution is -2.34. The van der Waals surface area contributed by atoms with Crippen LogP contribution in [0, 0.1) is 17.8 Å². The quantitative estimate of drug-likeness (QED) is 0.618. The molecule has 66 valence electrons. The van der Waals surface area contributed by atoms with Crippen molar-refractivity contribution in [3.63, 3.8) is 0 Å². The second kappa shape index (κ2) is 3.57. The molecule has 0 radical (unpaired) electrons. The maximum Gasteiger partial charge on any atom is 0.00417 e. The Kier molecular flexibility index (Phi) is 2.94. The Morgan fingerprint density at radius 2 is 1.91 bits per heavy atom. The van der Waals surface area contributed by atoms with E-state index in [1.807, 2.05) is 0 Å². The third-order valence-corrected chi connectivity index (χ3v) is 3.15. The van der Waals surface area contributed by atoms with Gasteiger partial charge in [-0.15, -0.1) is 0 Å². The summed E-state index contributed by atoms with van der Waals surface area (Å²) in [6, 6.07) is 0.485. The van der Waals surface area contributed by atoms with Crippen LogP contribution in [0.1, 0.15) is 40.0 Å². The highest BCUT2D eigenvalue weighted by Gasteiger charge is 2.27. The first-order chi connectivity index (χ1) is 5.11. The van der Waals surface area contributed by atoms with Crippen LogP contribution >= 0.6 is 0 Å². The van der Waals surface area contributed by atoms with E-state index in [9.17, 15) is 0 Å². The van der Waals surface area contributed by atoms with Gasteiger partial charge in [0.25, 0.3) is 0 Å². The molecular formula is C10H21N. The Balaban J connectivity index is 2.47. The zero-order valence-electron chi connectivity index (χ0n) is 8.01. The molecule has 0 aromatic carbocycles. The van der Waals surface area contributed by atoms with Gasteiger partial charge in [0.1, 0.15) is 0 Å². The molecule has 2 N–H and O–H groups in total. The fourth-order valence-electron chi connectivity index (χ4n) is 2.32. The summed E-state index contributed by atoms with van der Waals surface area (Å²) in [6.07, 6.45) is 3.83. The number of hydrogen-bond acceptors (Lipinski definition) is 1. The maximum atomic E-state index is 5.93. The van der Waals surface area contributed by atoms with E-state index in [0.29, 0.717) is 6.04 Å². The molecule has 0 saturated heterocycles. The van der Waals surface area contributed by atoms with Crippen LogP contribution in [-0.4, -0.2) is 6.04 Å². The number of rotatable bonds is 1. The van der Waals surface area contributed by atoms with Crippen molar-refractivity contribution in [3.8, 4) is 0 Å². The van der Waals surface area contributed by atoms with Gasteiger partial charge >= 0.3 is 0 Å². The smallest absolute Gasteiger partial charge is 0.00417 e. The number of hydrogen-bond donors (Lipinski definition) is 1. The lowest BCUT2D eigenvalue weighted by Gasteiger charge is -2.35. The molecule has 1 heteroatoms. The van der Waals surface area contributed by atoms with Crippen LogP contribution in [0.3, 0.4) is 0 Å². The van der Waals surface area contributed by atoms with Gasteiger partial charge < -0.3 is 5.73 Å². The van der Waals surface area contributed by atoms with Crippen molar-refractivity contribution in [1.29, 1.82) is 0 Å². The number of nitrogens with two attached hydrogens (primary N) is 1. The van der Waals surface area contributed by atoms with Crippen molar-refractivity contribution in [2.45, 2.75) is 46.1 Å². The normalized spacial score (nSPS) is 39.5. The molecule has 0 aromatic rings. The van der Waals surface area contributed by atoms with Crippen LogP contribution in [0.15, 0.2) is 0 Å². The van der Waals surface area contributed by atoms with Gasteiger partial charge in [-0.1, -0.05) is 20.8 Å². The fraction of sp³-hybridized carbons (Fsp3) is 1.00. The lowest BCUT2D eigenvalue weighted by molar-refractivity contribution is 0.178. The van der Waals surface area contributed by atoms with Gasteiger partial charge in [0.15, 0.2) is 0 Å². The molecule has 3 unspecified atom stereocenters. The summed E-state index contributed by atoms with van der Waals surface area (Å²) in [5.41, 5.74) is 5.93. The Morgan fingerprint density at radius 3 is 2.36 bits per heavy atom. The van der Waals surface area contributed by atoms with Crippen molar-refractivity contribution in [3.05, 3.63) is 0 Å². The Hall–Kier alpha value is -0.0400. The summed E-state index contributed by atoms with van der Waals surface area (Å²) in [5, 5.41) is 0. The minimum Gasteiger partial charge on any atom is -0.328 e. The van der Waals surface area contributed by atoms with E-state index in [4.69, 9.17) is 5.73 Å². The second-order valence-corrected chi connectivity index (χ2v) is 4.46. The third-order valence-electron chi connectivity index (χ3n) is 3.15. The van der Waals surface area contributed by atoms with E-state index < -0.39 is 0 Å². The van der Waals surface area contributed by atoms with Gasteiger partial charge in [-0.25, -0.2) is 0 Å². The molecule has 0 aliphatic heterocycles. The standard InChI is InChI=1S/C10H21N/c1-7(2)10-6-9(11)5-4-8(10)3/h7-10H,4-6,11H2,1-3H3. The Labute approximate surface area is 70.4 Å². The van der Waals surface area contributed by atoms with Crippen LogP contribution in [0.5, 0.6) is 0 Å². The molecule has 1 fully saturated rings. The van der Waals surface area contributed by atoms with Crippen LogP contribution in [0.4, 0.5) is 0 Å². The molecule has 0 spiro atoms. The first-order valence-corrected chi connectivity index (χ1v) is 4.87. The highest BCUT2D eigenvalue weighted by Crippen LogP contribution is 2.33. The van der Waals surface area contributed by atoms with Crippen molar-refractivity contribution < 1.29 is 0 Å². The zero-order valence-corrected chi connectivity index (χ0v) is 8.01. The predicted octanol–water partition coefficient (Wildman–Crippen LogP) is 2.41. The monoisotopic (exact) mass is 155 g/mol. The van der Waals surface area contributed by atoms with Crippen LogP contribution in [0.2, 0.25) is 0 Å². The topological polar surface area (TPSA) is 26.0 Å². The average Bonchev–Trinajstić information content (AvgIpc) is 1.94. The molecule has 1 rings (SSSR count). The largest absolute Gasteiger partial charge is 0.328 e. The molecule has 1 saturated carbocycles. The molecule has 3 atom stereocenters. The molecule has 1 aliphatic rings.